The maximum absolute atomic E-state index is 12.3. The van der Waals surface area contributed by atoms with Crippen LogP contribution in [0.4, 0.5) is 0 Å². The second-order valence-electron chi connectivity index (χ2n) is 21.1. The molecular formula is C66H66BrMnN2O2-. The second-order valence-corrected chi connectivity index (χ2v) is 21.1. The van der Waals surface area contributed by atoms with Crippen LogP contribution >= 0.6 is 0 Å². The maximum Gasteiger partial charge on any atom is 0.128 e. The molecule has 4 nitrogen and oxygen atoms in total. The van der Waals surface area contributed by atoms with Crippen LogP contribution < -0.4 is 17.0 Å². The van der Waals surface area contributed by atoms with Crippen LogP contribution in [-0.2, 0) is 38.7 Å². The fourth-order valence-electron chi connectivity index (χ4n) is 11.0. The molecule has 0 aromatic heterocycles. The monoisotopic (exact) mass is 1050 g/mol. The summed E-state index contributed by atoms with van der Waals surface area (Å²) in [5.41, 5.74) is 9.88. The van der Waals surface area contributed by atoms with Crippen molar-refractivity contribution in [1.82, 2.24) is 0 Å². The third-order valence-electron chi connectivity index (χ3n) is 14.5. The van der Waals surface area contributed by atoms with Crippen molar-refractivity contribution in [2.45, 2.75) is 101 Å². The molecule has 0 amide bonds. The number of nitrogens with zero attached hydrogens (tertiary/aromatic N) is 2. The topological polar surface area (TPSA) is 65.2 Å². The molecule has 0 saturated heterocycles. The van der Waals surface area contributed by atoms with E-state index in [1.165, 1.54) is 0 Å². The van der Waals surface area contributed by atoms with Crippen LogP contribution in [-0.4, -0.2) is 34.7 Å². The number of hydrogen-bond donors (Lipinski definition) is 2. The third kappa shape index (κ3) is 10.5. The van der Waals surface area contributed by atoms with Gasteiger partial charge in [-0.05, 0) is 92.4 Å². The molecule has 2 N–H and O–H groups in total. The molecule has 0 aliphatic heterocycles. The van der Waals surface area contributed by atoms with Crippen LogP contribution in [0.1, 0.15) is 134 Å². The van der Waals surface area contributed by atoms with E-state index in [-0.39, 0.29) is 68.5 Å². The SMILES string of the molecule is CC(C)(C)c1cc(C(c2ccccc2)(c2ccccc2)c2ccccc2)cc(C=N[C@@H]2CCCC[C@H]2N=Cc2cc(C(c3ccccc3)(c3ccccc3)c3ccccc3)cc(C(C)(C)C)c2O)c1O.[Br-].[Mn]. The van der Waals surface area contributed by atoms with Gasteiger partial charge in [0.1, 0.15) is 11.5 Å². The number of halogens is 1. The first-order valence-corrected chi connectivity index (χ1v) is 25.0. The molecule has 0 spiro atoms. The van der Waals surface area contributed by atoms with E-state index in [9.17, 15) is 10.2 Å². The standard InChI is InChI=1S/C66H66N2O2.BrH.Mn/c1-63(2,3)57-43-55(65(49-27-13-7-14-28-49,50-29-15-8-16-30-50)51-31-17-9-18-32-51)41-47(61(57)69)45-67-59-39-25-26-40-60(59)68-46-48-42-56(44-58(62(48)70)64(4,5)6)66(52-33-19-10-20-34-52,53-35-21-11-22-36-53)54-37-23-12-24-38-54;;/h7-24,27-38,41-46,59-60,69-70H,25-26,39-40H2,1-6H3;1H;/p-1/t59-,60-;;/m1../s1. The van der Waals surface area contributed by atoms with Gasteiger partial charge in [-0.3, -0.25) is 9.98 Å². The Morgan fingerprint density at radius 1 is 0.375 bits per heavy atom. The first kappa shape index (κ1) is 53.5. The van der Waals surface area contributed by atoms with Crippen molar-refractivity contribution in [3.05, 3.63) is 273 Å². The summed E-state index contributed by atoms with van der Waals surface area (Å²) in [7, 11) is 0. The zero-order chi connectivity index (χ0) is 48.9. The number of phenols is 2. The van der Waals surface area contributed by atoms with E-state index in [2.05, 4.69) is 248 Å². The average Bonchev–Trinajstić information content (AvgIpc) is 3.38. The van der Waals surface area contributed by atoms with Crippen molar-refractivity contribution >= 4 is 12.4 Å². The summed E-state index contributed by atoms with van der Waals surface area (Å²) in [5.74, 6) is 0.489. The number of aliphatic imine (C=N–C) groups is 2. The Morgan fingerprint density at radius 3 is 0.833 bits per heavy atom. The second kappa shape index (κ2) is 22.6. The van der Waals surface area contributed by atoms with Gasteiger partial charge in [0, 0.05) is 51.8 Å². The molecule has 1 aliphatic carbocycles. The zero-order valence-electron chi connectivity index (χ0n) is 42.3. The van der Waals surface area contributed by atoms with Crippen molar-refractivity contribution in [3.8, 4) is 11.5 Å². The molecule has 8 aromatic carbocycles. The van der Waals surface area contributed by atoms with E-state index in [4.69, 9.17) is 9.98 Å². The Bertz CT molecular complexity index is 2670. The summed E-state index contributed by atoms with van der Waals surface area (Å²) < 4.78 is 0. The van der Waals surface area contributed by atoms with Crippen LogP contribution in [0.5, 0.6) is 11.5 Å². The molecule has 8 aromatic rings. The number of phenolic OH excluding ortho intramolecular Hbond substituents is 2. The van der Waals surface area contributed by atoms with E-state index in [1.54, 1.807) is 0 Å². The molecule has 1 aliphatic rings. The Balaban J connectivity index is 0.00000380. The number of rotatable bonds is 12. The molecular weight excluding hydrogens is 988 g/mol. The fourth-order valence-corrected chi connectivity index (χ4v) is 11.0. The van der Waals surface area contributed by atoms with Gasteiger partial charge in [-0.25, -0.2) is 0 Å². The van der Waals surface area contributed by atoms with Gasteiger partial charge in [-0.2, -0.15) is 0 Å². The summed E-state index contributed by atoms with van der Waals surface area (Å²) in [6.07, 6.45) is 7.62. The van der Waals surface area contributed by atoms with Gasteiger partial charge in [-0.15, -0.1) is 0 Å². The molecule has 367 valence electrons. The quantitative estimate of drug-likeness (QED) is 0.0727. The summed E-state index contributed by atoms with van der Waals surface area (Å²) in [6, 6.07) is 72.8. The van der Waals surface area contributed by atoms with Gasteiger partial charge in [0.05, 0.1) is 22.9 Å². The number of aromatic hydroxyl groups is 2. The fraction of sp³-hybridized carbons (Fsp3) is 0.242. The molecule has 0 bridgehead atoms. The van der Waals surface area contributed by atoms with E-state index in [1.807, 2.05) is 12.4 Å². The average molecular weight is 1050 g/mol. The maximum atomic E-state index is 12.3. The van der Waals surface area contributed by atoms with Crippen LogP contribution in [0.3, 0.4) is 0 Å². The van der Waals surface area contributed by atoms with Gasteiger partial charge < -0.3 is 27.2 Å². The minimum atomic E-state index is -0.695. The predicted octanol–water partition coefficient (Wildman–Crippen LogP) is 12.3. The normalized spacial score (nSPS) is 15.5. The zero-order valence-corrected chi connectivity index (χ0v) is 45.1. The Labute approximate surface area is 449 Å². The van der Waals surface area contributed by atoms with Crippen LogP contribution in [0.15, 0.2) is 216 Å². The molecule has 1 saturated carbocycles. The molecule has 0 heterocycles. The molecule has 1 fully saturated rings. The smallest absolute Gasteiger partial charge is 0.128 e. The van der Waals surface area contributed by atoms with Crippen molar-refractivity contribution < 1.29 is 44.3 Å². The third-order valence-corrected chi connectivity index (χ3v) is 14.5. The van der Waals surface area contributed by atoms with Gasteiger partial charge in [0.25, 0.3) is 0 Å². The Morgan fingerprint density at radius 2 is 0.611 bits per heavy atom. The van der Waals surface area contributed by atoms with E-state index in [0.717, 1.165) is 81.3 Å². The van der Waals surface area contributed by atoms with Crippen LogP contribution in [0, 0.1) is 0 Å². The van der Waals surface area contributed by atoms with Gasteiger partial charge in [0.15, 0.2) is 0 Å². The summed E-state index contributed by atoms with van der Waals surface area (Å²) in [5, 5.41) is 24.6. The summed E-state index contributed by atoms with van der Waals surface area (Å²) in [4.78, 5) is 10.7. The first-order chi connectivity index (χ1) is 33.8. The molecule has 0 unspecified atom stereocenters. The van der Waals surface area contributed by atoms with Gasteiger partial charge >= 0.3 is 0 Å². The molecule has 1 radical (unpaired) electrons. The van der Waals surface area contributed by atoms with Crippen molar-refractivity contribution in [3.63, 3.8) is 0 Å². The first-order valence-electron chi connectivity index (χ1n) is 25.0. The van der Waals surface area contributed by atoms with Gasteiger partial charge in [0.2, 0.25) is 0 Å². The molecule has 2 atom stereocenters. The van der Waals surface area contributed by atoms with E-state index < -0.39 is 10.8 Å². The summed E-state index contributed by atoms with van der Waals surface area (Å²) in [6.45, 7) is 13.0. The Hall–Kier alpha value is -6.30. The molecule has 9 rings (SSSR count). The largest absolute Gasteiger partial charge is 1.00 e. The molecule has 6 heteroatoms. The van der Waals surface area contributed by atoms with Crippen molar-refractivity contribution in [2.75, 3.05) is 0 Å². The molecule has 72 heavy (non-hydrogen) atoms. The number of hydrogen-bond acceptors (Lipinski definition) is 4. The van der Waals surface area contributed by atoms with E-state index >= 15 is 0 Å². The Kier molecular flexibility index (Phi) is 16.8. The van der Waals surface area contributed by atoms with Crippen molar-refractivity contribution in [2.24, 2.45) is 9.98 Å². The number of benzene rings is 8. The van der Waals surface area contributed by atoms with Crippen LogP contribution in [0.25, 0.3) is 0 Å². The van der Waals surface area contributed by atoms with Crippen molar-refractivity contribution in [1.29, 1.82) is 0 Å². The van der Waals surface area contributed by atoms with Crippen LogP contribution in [0.2, 0.25) is 0 Å². The minimum absolute atomic E-state index is 0. The minimum Gasteiger partial charge on any atom is -1.00 e. The van der Waals surface area contributed by atoms with Gasteiger partial charge in [-0.1, -0.05) is 236 Å². The summed E-state index contributed by atoms with van der Waals surface area (Å²) >= 11 is 0. The predicted molar refractivity (Wildman–Crippen MR) is 291 cm³/mol. The van der Waals surface area contributed by atoms with E-state index in [0.29, 0.717) is 11.1 Å².